The highest BCUT2D eigenvalue weighted by molar-refractivity contribution is 9.11. The van der Waals surface area contributed by atoms with Crippen LogP contribution >= 0.6 is 31.9 Å². The molecule has 0 amide bonds. The Morgan fingerprint density at radius 3 is 2.63 bits per heavy atom. The molecule has 3 nitrogen and oxygen atoms in total. The van der Waals surface area contributed by atoms with Gasteiger partial charge in [-0.3, -0.25) is 9.29 Å². The van der Waals surface area contributed by atoms with Crippen LogP contribution in [0.25, 0.3) is 0 Å². The predicted octanol–water partition coefficient (Wildman–Crippen LogP) is 3.22. The van der Waals surface area contributed by atoms with Crippen LogP contribution in [0.3, 0.4) is 0 Å². The molecule has 0 unspecified atom stereocenters. The van der Waals surface area contributed by atoms with Crippen molar-refractivity contribution in [2.45, 2.75) is 12.5 Å². The van der Waals surface area contributed by atoms with E-state index in [0.29, 0.717) is 10.9 Å². The van der Waals surface area contributed by atoms with E-state index in [9.17, 15) is 9.50 Å². The molecule has 1 aliphatic rings. The average molecular weight is 396 g/mol. The first-order valence-corrected chi connectivity index (χ1v) is 7.90. The van der Waals surface area contributed by atoms with Crippen LogP contribution in [-0.2, 0) is 0 Å². The van der Waals surface area contributed by atoms with Crippen molar-refractivity contribution in [2.75, 3.05) is 32.9 Å². The molecule has 0 aliphatic carbocycles. The van der Waals surface area contributed by atoms with E-state index >= 15 is 0 Å². The number of alkyl halides is 1. The van der Waals surface area contributed by atoms with Crippen LogP contribution in [0.2, 0.25) is 0 Å². The molecule has 0 radical (unpaired) electrons. The molecule has 0 aromatic heterocycles. The Kier molecular flexibility index (Phi) is 5.62. The van der Waals surface area contributed by atoms with E-state index < -0.39 is 6.67 Å². The summed E-state index contributed by atoms with van der Waals surface area (Å²) < 4.78 is 14.4. The van der Waals surface area contributed by atoms with Gasteiger partial charge in [0.1, 0.15) is 5.75 Å². The van der Waals surface area contributed by atoms with Crippen LogP contribution in [0.4, 0.5) is 4.39 Å². The molecule has 1 aromatic rings. The lowest BCUT2D eigenvalue weighted by molar-refractivity contribution is 0.155. The van der Waals surface area contributed by atoms with E-state index in [1.165, 1.54) is 0 Å². The standard InChI is InChI=1S/C13H17Br2FN2O/c14-9-7-10(13(19)11(15)8-9)12(1-2-16)18-5-3-17-4-6-18/h7-8,12,17,19H,1-6H2/t12-/m0/s1. The summed E-state index contributed by atoms with van der Waals surface area (Å²) in [5.41, 5.74) is 0.779. The molecule has 1 aromatic carbocycles. The average Bonchev–Trinajstić information content (AvgIpc) is 2.41. The van der Waals surface area contributed by atoms with Crippen LogP contribution in [0.5, 0.6) is 5.75 Å². The molecular formula is C13H17Br2FN2O. The first-order valence-electron chi connectivity index (χ1n) is 6.32. The molecule has 1 fully saturated rings. The van der Waals surface area contributed by atoms with Crippen molar-refractivity contribution in [1.82, 2.24) is 10.2 Å². The van der Waals surface area contributed by atoms with Gasteiger partial charge in [0.15, 0.2) is 0 Å². The summed E-state index contributed by atoms with van der Waals surface area (Å²) in [6.07, 6.45) is 0.399. The molecule has 2 rings (SSSR count). The number of halogens is 3. The van der Waals surface area contributed by atoms with E-state index in [2.05, 4.69) is 42.1 Å². The minimum Gasteiger partial charge on any atom is -0.506 e. The molecular weight excluding hydrogens is 379 g/mol. The second-order valence-electron chi connectivity index (χ2n) is 4.60. The quantitative estimate of drug-likeness (QED) is 0.821. The van der Waals surface area contributed by atoms with Crippen LogP contribution in [-0.4, -0.2) is 42.9 Å². The summed E-state index contributed by atoms with van der Waals surface area (Å²) in [6, 6.07) is 3.59. The first-order chi connectivity index (χ1) is 9.13. The Labute approximate surface area is 129 Å². The van der Waals surface area contributed by atoms with Crippen LogP contribution in [0.1, 0.15) is 18.0 Å². The third-order valence-corrected chi connectivity index (χ3v) is 4.45. The summed E-state index contributed by atoms with van der Waals surface area (Å²) in [7, 11) is 0. The van der Waals surface area contributed by atoms with Gasteiger partial charge >= 0.3 is 0 Å². The van der Waals surface area contributed by atoms with Crippen molar-refractivity contribution >= 4 is 31.9 Å². The maximum Gasteiger partial charge on any atom is 0.134 e. The van der Waals surface area contributed by atoms with Crippen molar-refractivity contribution in [3.63, 3.8) is 0 Å². The van der Waals surface area contributed by atoms with Gasteiger partial charge in [0.05, 0.1) is 11.1 Å². The summed E-state index contributed by atoms with van der Waals surface area (Å²) in [6.45, 7) is 3.15. The fourth-order valence-electron chi connectivity index (χ4n) is 2.47. The van der Waals surface area contributed by atoms with E-state index in [0.717, 1.165) is 36.2 Å². The topological polar surface area (TPSA) is 35.5 Å². The highest BCUT2D eigenvalue weighted by atomic mass is 79.9. The summed E-state index contributed by atoms with van der Waals surface area (Å²) >= 11 is 6.76. The first kappa shape index (κ1) is 15.2. The van der Waals surface area contributed by atoms with Crippen molar-refractivity contribution in [1.29, 1.82) is 0 Å². The zero-order chi connectivity index (χ0) is 13.8. The second-order valence-corrected chi connectivity index (χ2v) is 6.37. The Morgan fingerprint density at radius 2 is 2.00 bits per heavy atom. The van der Waals surface area contributed by atoms with Crippen molar-refractivity contribution in [2.24, 2.45) is 0 Å². The maximum absolute atomic E-state index is 12.9. The second kappa shape index (κ2) is 7.02. The smallest absolute Gasteiger partial charge is 0.134 e. The summed E-state index contributed by atoms with van der Waals surface area (Å²) in [4.78, 5) is 2.23. The lowest BCUT2D eigenvalue weighted by Crippen LogP contribution is -2.45. The highest BCUT2D eigenvalue weighted by Gasteiger charge is 2.25. The minimum atomic E-state index is -0.391. The van der Waals surface area contributed by atoms with Crippen molar-refractivity contribution in [3.05, 3.63) is 26.6 Å². The maximum atomic E-state index is 12.9. The number of benzene rings is 1. The zero-order valence-electron chi connectivity index (χ0n) is 10.5. The number of piperazine rings is 1. The Morgan fingerprint density at radius 1 is 1.32 bits per heavy atom. The van der Waals surface area contributed by atoms with Gasteiger partial charge in [0.2, 0.25) is 0 Å². The number of nitrogens with zero attached hydrogens (tertiary/aromatic N) is 1. The SMILES string of the molecule is Oc1c(Br)cc(Br)cc1[C@H](CCF)N1CCNCC1. The molecule has 1 aliphatic heterocycles. The zero-order valence-corrected chi connectivity index (χ0v) is 13.7. The molecule has 1 heterocycles. The molecule has 19 heavy (non-hydrogen) atoms. The largest absolute Gasteiger partial charge is 0.506 e. The van der Waals surface area contributed by atoms with Crippen molar-refractivity contribution in [3.8, 4) is 5.75 Å². The van der Waals surface area contributed by atoms with Crippen LogP contribution in [0.15, 0.2) is 21.1 Å². The molecule has 0 saturated carbocycles. The lowest BCUT2D eigenvalue weighted by atomic mass is 10.0. The Hall–Kier alpha value is -0.170. The number of nitrogens with one attached hydrogen (secondary N) is 1. The Bertz CT molecular complexity index is 439. The normalized spacial score (nSPS) is 18.5. The van der Waals surface area contributed by atoms with Gasteiger partial charge in [-0.25, -0.2) is 0 Å². The lowest BCUT2D eigenvalue weighted by Gasteiger charge is -2.35. The minimum absolute atomic E-state index is 0.0825. The predicted molar refractivity (Wildman–Crippen MR) is 81.3 cm³/mol. The summed E-state index contributed by atoms with van der Waals surface area (Å²) in [5.74, 6) is 0.209. The number of phenolic OH excluding ortho intramolecular Hbond substituents is 1. The van der Waals surface area contributed by atoms with Gasteiger partial charge in [0.25, 0.3) is 0 Å². The van der Waals surface area contributed by atoms with Gasteiger partial charge in [-0.05, 0) is 34.5 Å². The van der Waals surface area contributed by atoms with Gasteiger partial charge in [-0.15, -0.1) is 0 Å². The van der Waals surface area contributed by atoms with Gasteiger partial charge in [0, 0.05) is 42.3 Å². The van der Waals surface area contributed by atoms with Gasteiger partial charge in [-0.2, -0.15) is 0 Å². The monoisotopic (exact) mass is 394 g/mol. The fraction of sp³-hybridized carbons (Fsp3) is 0.538. The molecule has 1 atom stereocenters. The van der Waals surface area contributed by atoms with Gasteiger partial charge in [-0.1, -0.05) is 15.9 Å². The Balaban J connectivity index is 2.32. The van der Waals surface area contributed by atoms with E-state index in [4.69, 9.17) is 0 Å². The van der Waals surface area contributed by atoms with E-state index in [1.807, 2.05) is 6.07 Å². The molecule has 0 bridgehead atoms. The van der Waals surface area contributed by atoms with E-state index in [-0.39, 0.29) is 11.8 Å². The van der Waals surface area contributed by atoms with Crippen LogP contribution < -0.4 is 5.32 Å². The highest BCUT2D eigenvalue weighted by Crippen LogP contribution is 2.38. The molecule has 106 valence electrons. The van der Waals surface area contributed by atoms with Crippen molar-refractivity contribution < 1.29 is 9.50 Å². The van der Waals surface area contributed by atoms with Crippen LogP contribution in [0, 0.1) is 0 Å². The number of rotatable bonds is 4. The third kappa shape index (κ3) is 3.68. The number of hydrogen-bond donors (Lipinski definition) is 2. The third-order valence-electron chi connectivity index (χ3n) is 3.39. The number of aromatic hydroxyl groups is 1. The summed E-state index contributed by atoms with van der Waals surface area (Å²) in [5, 5.41) is 13.5. The molecule has 6 heteroatoms. The number of hydrogen-bond acceptors (Lipinski definition) is 3. The number of phenols is 1. The molecule has 1 saturated heterocycles. The molecule has 0 spiro atoms. The molecule has 2 N–H and O–H groups in total. The van der Waals surface area contributed by atoms with Gasteiger partial charge < -0.3 is 10.4 Å². The van der Waals surface area contributed by atoms with E-state index in [1.54, 1.807) is 6.07 Å². The fourth-order valence-corrected chi connectivity index (χ4v) is 3.73.